The van der Waals surface area contributed by atoms with Gasteiger partial charge in [0.25, 0.3) is 5.91 Å². The second-order valence-corrected chi connectivity index (χ2v) is 5.47. The van der Waals surface area contributed by atoms with Gasteiger partial charge in [-0.2, -0.15) is 18.2 Å². The SMILES string of the molecule is Cc1nc([C@H]2CN(C(=O)c3ccc(F)c(C(F)(F)F)c3)CCO2)no1. The average Bonchev–Trinajstić information content (AvgIpc) is 3.00. The number of rotatable bonds is 2. The zero-order valence-corrected chi connectivity index (χ0v) is 13.0. The molecule has 1 aliphatic rings. The molecule has 2 heterocycles. The maximum absolute atomic E-state index is 13.4. The monoisotopic (exact) mass is 359 g/mol. The highest BCUT2D eigenvalue weighted by Gasteiger charge is 2.36. The smallest absolute Gasteiger partial charge is 0.366 e. The van der Waals surface area contributed by atoms with Crippen LogP contribution in [0.15, 0.2) is 22.7 Å². The number of amides is 1. The van der Waals surface area contributed by atoms with Gasteiger partial charge in [-0.25, -0.2) is 4.39 Å². The Morgan fingerprint density at radius 1 is 1.36 bits per heavy atom. The van der Waals surface area contributed by atoms with E-state index in [1.54, 1.807) is 6.92 Å². The molecule has 2 aromatic rings. The molecule has 10 heteroatoms. The molecule has 1 fully saturated rings. The van der Waals surface area contributed by atoms with Crippen molar-refractivity contribution < 1.29 is 31.6 Å². The molecule has 25 heavy (non-hydrogen) atoms. The van der Waals surface area contributed by atoms with Crippen LogP contribution in [0.5, 0.6) is 0 Å². The van der Waals surface area contributed by atoms with Crippen LogP contribution in [0.3, 0.4) is 0 Å². The predicted molar refractivity (Wildman–Crippen MR) is 75.0 cm³/mol. The number of morpholine rings is 1. The van der Waals surface area contributed by atoms with Crippen LogP contribution in [-0.4, -0.2) is 40.6 Å². The Morgan fingerprint density at radius 2 is 2.12 bits per heavy atom. The number of alkyl halides is 3. The number of hydrogen-bond acceptors (Lipinski definition) is 5. The van der Waals surface area contributed by atoms with Crippen LogP contribution in [0.4, 0.5) is 17.6 Å². The highest BCUT2D eigenvalue weighted by atomic mass is 19.4. The van der Waals surface area contributed by atoms with Gasteiger partial charge in [-0.1, -0.05) is 5.16 Å². The van der Waals surface area contributed by atoms with Gasteiger partial charge in [0.2, 0.25) is 11.7 Å². The van der Waals surface area contributed by atoms with Crippen LogP contribution in [-0.2, 0) is 10.9 Å². The van der Waals surface area contributed by atoms with E-state index in [0.717, 1.165) is 6.07 Å². The van der Waals surface area contributed by atoms with Gasteiger partial charge >= 0.3 is 6.18 Å². The highest BCUT2D eigenvalue weighted by molar-refractivity contribution is 5.94. The average molecular weight is 359 g/mol. The predicted octanol–water partition coefficient (Wildman–Crippen LogP) is 2.75. The largest absolute Gasteiger partial charge is 0.419 e. The molecule has 3 rings (SSSR count). The number of benzene rings is 1. The second-order valence-electron chi connectivity index (χ2n) is 5.47. The molecule has 1 aromatic carbocycles. The minimum atomic E-state index is -4.88. The molecule has 0 N–H and O–H groups in total. The lowest BCUT2D eigenvalue weighted by Crippen LogP contribution is -2.42. The Kier molecular flexibility index (Phi) is 4.46. The van der Waals surface area contributed by atoms with Crippen molar-refractivity contribution in [1.29, 1.82) is 0 Å². The van der Waals surface area contributed by atoms with Gasteiger partial charge in [0, 0.05) is 19.0 Å². The molecule has 1 aromatic heterocycles. The van der Waals surface area contributed by atoms with Gasteiger partial charge < -0.3 is 14.2 Å². The molecule has 6 nitrogen and oxygen atoms in total. The highest BCUT2D eigenvalue weighted by Crippen LogP contribution is 2.32. The van der Waals surface area contributed by atoms with E-state index in [9.17, 15) is 22.4 Å². The van der Waals surface area contributed by atoms with Crippen molar-refractivity contribution in [1.82, 2.24) is 15.0 Å². The molecule has 0 aliphatic carbocycles. The van der Waals surface area contributed by atoms with Crippen molar-refractivity contribution in [3.8, 4) is 0 Å². The first-order valence-electron chi connectivity index (χ1n) is 7.33. The molecule has 1 atom stereocenters. The fourth-order valence-corrected chi connectivity index (χ4v) is 2.49. The van der Waals surface area contributed by atoms with Crippen LogP contribution in [0.25, 0.3) is 0 Å². The van der Waals surface area contributed by atoms with Gasteiger partial charge in [-0.3, -0.25) is 4.79 Å². The first-order chi connectivity index (χ1) is 11.8. The van der Waals surface area contributed by atoms with Gasteiger partial charge in [-0.15, -0.1) is 0 Å². The quantitative estimate of drug-likeness (QED) is 0.772. The number of carbonyl (C=O) groups excluding carboxylic acids is 1. The molecule has 0 unspecified atom stereocenters. The summed E-state index contributed by atoms with van der Waals surface area (Å²) in [4.78, 5) is 17.8. The van der Waals surface area contributed by atoms with Gasteiger partial charge in [0.15, 0.2) is 0 Å². The van der Waals surface area contributed by atoms with Gasteiger partial charge in [0.05, 0.1) is 18.7 Å². The van der Waals surface area contributed by atoms with Crippen LogP contribution in [0.1, 0.15) is 33.7 Å². The molecule has 0 saturated carbocycles. The van der Waals surface area contributed by atoms with Crippen molar-refractivity contribution in [2.75, 3.05) is 19.7 Å². The van der Waals surface area contributed by atoms with Crippen LogP contribution in [0.2, 0.25) is 0 Å². The second kappa shape index (κ2) is 6.43. The van der Waals surface area contributed by atoms with E-state index in [-0.39, 0.29) is 31.1 Å². The van der Waals surface area contributed by atoms with Crippen LogP contribution < -0.4 is 0 Å². The summed E-state index contributed by atoms with van der Waals surface area (Å²) < 4.78 is 62.1. The summed E-state index contributed by atoms with van der Waals surface area (Å²) in [7, 11) is 0. The summed E-state index contributed by atoms with van der Waals surface area (Å²) in [6.07, 6.45) is -5.52. The Labute approximate surface area is 139 Å². The van der Waals surface area contributed by atoms with Crippen LogP contribution >= 0.6 is 0 Å². The number of aryl methyl sites for hydroxylation is 1. The van der Waals surface area contributed by atoms with E-state index in [2.05, 4.69) is 10.1 Å². The molecule has 1 saturated heterocycles. The number of halogens is 4. The summed E-state index contributed by atoms with van der Waals surface area (Å²) in [6, 6.07) is 2.17. The van der Waals surface area contributed by atoms with Crippen molar-refractivity contribution in [3.05, 3.63) is 46.9 Å². The van der Waals surface area contributed by atoms with E-state index >= 15 is 0 Å². The topological polar surface area (TPSA) is 68.5 Å². The van der Waals surface area contributed by atoms with Crippen LogP contribution in [0, 0.1) is 12.7 Å². The van der Waals surface area contributed by atoms with Gasteiger partial charge in [0.1, 0.15) is 11.9 Å². The molecular weight excluding hydrogens is 346 g/mol. The molecule has 0 radical (unpaired) electrons. The number of hydrogen-bond donors (Lipinski definition) is 0. The summed E-state index contributed by atoms with van der Waals surface area (Å²) in [5.41, 5.74) is -1.73. The first kappa shape index (κ1) is 17.3. The summed E-state index contributed by atoms with van der Waals surface area (Å²) in [5, 5.41) is 3.72. The lowest BCUT2D eigenvalue weighted by atomic mass is 10.1. The Morgan fingerprint density at radius 3 is 2.76 bits per heavy atom. The molecule has 134 valence electrons. The van der Waals surface area contributed by atoms with E-state index in [0.29, 0.717) is 18.0 Å². The third-order valence-electron chi connectivity index (χ3n) is 3.70. The molecule has 1 amide bonds. The van der Waals surface area contributed by atoms with E-state index in [4.69, 9.17) is 9.26 Å². The van der Waals surface area contributed by atoms with Crippen molar-refractivity contribution >= 4 is 5.91 Å². The Hall–Kier alpha value is -2.49. The lowest BCUT2D eigenvalue weighted by molar-refractivity contribution is -0.140. The summed E-state index contributed by atoms with van der Waals surface area (Å²) in [5.74, 6) is -1.49. The van der Waals surface area contributed by atoms with Crippen molar-refractivity contribution in [2.24, 2.45) is 0 Å². The van der Waals surface area contributed by atoms with E-state index < -0.39 is 29.6 Å². The maximum atomic E-state index is 13.4. The third-order valence-corrected chi connectivity index (χ3v) is 3.70. The fourth-order valence-electron chi connectivity index (χ4n) is 2.49. The molecule has 0 spiro atoms. The first-order valence-corrected chi connectivity index (χ1v) is 7.33. The van der Waals surface area contributed by atoms with E-state index in [1.807, 2.05) is 0 Å². The number of ether oxygens (including phenoxy) is 1. The fraction of sp³-hybridized carbons (Fsp3) is 0.400. The molecular formula is C15H13F4N3O3. The van der Waals surface area contributed by atoms with Gasteiger partial charge in [-0.05, 0) is 18.2 Å². The third kappa shape index (κ3) is 3.63. The summed E-state index contributed by atoms with van der Waals surface area (Å²) in [6.45, 7) is 2.00. The standard InChI is InChI=1S/C15H13F4N3O3/c1-8-20-13(21-25-8)12-7-22(4-5-24-12)14(23)9-2-3-11(16)10(6-9)15(17,18)19/h2-3,6,12H,4-5,7H2,1H3/t12-/m1/s1. The molecule has 1 aliphatic heterocycles. The number of aromatic nitrogens is 2. The lowest BCUT2D eigenvalue weighted by Gasteiger charge is -2.31. The minimum Gasteiger partial charge on any atom is -0.366 e. The number of nitrogens with zero attached hydrogens (tertiary/aromatic N) is 3. The van der Waals surface area contributed by atoms with E-state index in [1.165, 1.54) is 4.90 Å². The number of carbonyl (C=O) groups is 1. The zero-order valence-electron chi connectivity index (χ0n) is 13.0. The Bertz CT molecular complexity index is 791. The van der Waals surface area contributed by atoms with Crippen molar-refractivity contribution in [2.45, 2.75) is 19.2 Å². The minimum absolute atomic E-state index is 0.0521. The summed E-state index contributed by atoms with van der Waals surface area (Å²) >= 11 is 0. The normalized spacial score (nSPS) is 18.4. The Balaban J connectivity index is 1.81. The maximum Gasteiger partial charge on any atom is 0.419 e. The van der Waals surface area contributed by atoms with Crippen molar-refractivity contribution in [3.63, 3.8) is 0 Å². The molecule has 0 bridgehead atoms. The zero-order chi connectivity index (χ0) is 18.2.